The van der Waals surface area contributed by atoms with Gasteiger partial charge in [0.15, 0.2) is 0 Å². The fourth-order valence-electron chi connectivity index (χ4n) is 1.85. The van der Waals surface area contributed by atoms with E-state index in [9.17, 15) is 0 Å². The van der Waals surface area contributed by atoms with E-state index in [1.54, 1.807) is 22.7 Å². The predicted molar refractivity (Wildman–Crippen MR) is 78.5 cm³/mol. The molecule has 1 N–H and O–H groups in total. The van der Waals surface area contributed by atoms with Crippen molar-refractivity contribution in [2.45, 2.75) is 19.9 Å². The van der Waals surface area contributed by atoms with Gasteiger partial charge in [-0.25, -0.2) is 9.97 Å². The Balaban J connectivity index is 1.90. The Morgan fingerprint density at radius 1 is 1.28 bits per heavy atom. The molecule has 0 saturated heterocycles. The summed E-state index contributed by atoms with van der Waals surface area (Å²) in [6, 6.07) is 4.33. The molecule has 3 rings (SSSR count). The minimum atomic E-state index is 0.182. The summed E-state index contributed by atoms with van der Waals surface area (Å²) in [7, 11) is 0. The van der Waals surface area contributed by atoms with Crippen LogP contribution in [0, 0.1) is 6.92 Å². The maximum atomic E-state index is 4.51. The third kappa shape index (κ3) is 2.11. The Kier molecular flexibility index (Phi) is 3.01. The molecular weight excluding hydrogens is 262 g/mol. The van der Waals surface area contributed by atoms with Gasteiger partial charge in [-0.15, -0.1) is 22.7 Å². The first-order valence-electron chi connectivity index (χ1n) is 5.75. The third-order valence-corrected chi connectivity index (χ3v) is 4.77. The van der Waals surface area contributed by atoms with Gasteiger partial charge >= 0.3 is 0 Å². The summed E-state index contributed by atoms with van der Waals surface area (Å²) < 4.78 is 1.26. The van der Waals surface area contributed by atoms with Crippen LogP contribution in [0.25, 0.3) is 10.1 Å². The molecule has 3 nitrogen and oxygen atoms in total. The number of thiophene rings is 1. The van der Waals surface area contributed by atoms with Crippen LogP contribution in [0.2, 0.25) is 0 Å². The molecule has 18 heavy (non-hydrogen) atoms. The average molecular weight is 275 g/mol. The lowest BCUT2D eigenvalue weighted by molar-refractivity contribution is 0.858. The molecule has 3 heterocycles. The second kappa shape index (κ2) is 4.66. The van der Waals surface area contributed by atoms with Crippen molar-refractivity contribution in [1.82, 2.24) is 9.97 Å². The van der Waals surface area contributed by atoms with E-state index in [4.69, 9.17) is 0 Å². The van der Waals surface area contributed by atoms with Crippen LogP contribution in [0.4, 0.5) is 5.82 Å². The number of aryl methyl sites for hydroxylation is 1. The van der Waals surface area contributed by atoms with Crippen LogP contribution in [0.1, 0.15) is 23.7 Å². The van der Waals surface area contributed by atoms with E-state index in [2.05, 4.69) is 39.0 Å². The summed E-state index contributed by atoms with van der Waals surface area (Å²) in [5.41, 5.74) is 1.07. The van der Waals surface area contributed by atoms with Crippen molar-refractivity contribution in [1.29, 1.82) is 0 Å². The maximum Gasteiger partial charge on any atom is 0.135 e. The fourth-order valence-corrected chi connectivity index (χ4v) is 3.43. The van der Waals surface area contributed by atoms with Crippen LogP contribution in [-0.2, 0) is 0 Å². The van der Waals surface area contributed by atoms with Gasteiger partial charge in [0.1, 0.15) is 10.8 Å². The molecule has 0 fully saturated rings. The Morgan fingerprint density at radius 2 is 2.17 bits per heavy atom. The summed E-state index contributed by atoms with van der Waals surface area (Å²) in [5, 5.41) is 9.89. The zero-order valence-electron chi connectivity index (χ0n) is 10.2. The van der Waals surface area contributed by atoms with Gasteiger partial charge in [-0.1, -0.05) is 0 Å². The van der Waals surface area contributed by atoms with Gasteiger partial charge in [0.25, 0.3) is 0 Å². The summed E-state index contributed by atoms with van der Waals surface area (Å²) in [5.74, 6) is 0.939. The highest BCUT2D eigenvalue weighted by Gasteiger charge is 2.11. The zero-order chi connectivity index (χ0) is 12.5. The molecule has 3 aromatic heterocycles. The lowest BCUT2D eigenvalue weighted by atomic mass is 10.3. The third-order valence-electron chi connectivity index (χ3n) is 2.74. The summed E-state index contributed by atoms with van der Waals surface area (Å²) in [4.78, 5) is 8.93. The Bertz CT molecular complexity index is 671. The lowest BCUT2D eigenvalue weighted by Gasteiger charge is -2.12. The van der Waals surface area contributed by atoms with Gasteiger partial charge in [-0.2, -0.15) is 0 Å². The SMILES string of the molecule is Cc1csc(C(C)Nc2nccc3sccc23)n1. The van der Waals surface area contributed by atoms with E-state index < -0.39 is 0 Å². The van der Waals surface area contributed by atoms with Gasteiger partial charge < -0.3 is 5.32 Å². The maximum absolute atomic E-state index is 4.51. The molecule has 1 atom stereocenters. The second-order valence-electron chi connectivity index (χ2n) is 4.19. The summed E-state index contributed by atoms with van der Waals surface area (Å²) >= 11 is 3.42. The number of nitrogens with zero attached hydrogens (tertiary/aromatic N) is 2. The van der Waals surface area contributed by atoms with Gasteiger partial charge in [0.2, 0.25) is 0 Å². The Morgan fingerprint density at radius 3 is 2.94 bits per heavy atom. The molecule has 0 aliphatic carbocycles. The van der Waals surface area contributed by atoms with Gasteiger partial charge in [0, 0.05) is 27.4 Å². The molecule has 0 radical (unpaired) electrons. The Hall–Kier alpha value is -1.46. The fraction of sp³-hybridized carbons (Fsp3) is 0.231. The van der Waals surface area contributed by atoms with Crippen molar-refractivity contribution in [3.05, 3.63) is 39.8 Å². The smallest absolute Gasteiger partial charge is 0.135 e. The summed E-state index contributed by atoms with van der Waals surface area (Å²) in [6.45, 7) is 4.13. The largest absolute Gasteiger partial charge is 0.361 e. The topological polar surface area (TPSA) is 37.8 Å². The molecule has 0 aliphatic rings. The van der Waals surface area contributed by atoms with Crippen molar-refractivity contribution in [2.24, 2.45) is 0 Å². The first kappa shape index (κ1) is 11.6. The lowest BCUT2D eigenvalue weighted by Crippen LogP contribution is -2.07. The van der Waals surface area contributed by atoms with Crippen LogP contribution >= 0.6 is 22.7 Å². The highest BCUT2D eigenvalue weighted by molar-refractivity contribution is 7.17. The van der Waals surface area contributed by atoms with Gasteiger partial charge in [-0.3, -0.25) is 0 Å². The molecule has 1 unspecified atom stereocenters. The van der Waals surface area contributed by atoms with Crippen molar-refractivity contribution in [3.63, 3.8) is 0 Å². The van der Waals surface area contributed by atoms with Crippen LogP contribution < -0.4 is 5.32 Å². The second-order valence-corrected chi connectivity index (χ2v) is 6.02. The highest BCUT2D eigenvalue weighted by Crippen LogP contribution is 2.29. The molecular formula is C13H13N3S2. The Labute approximate surface area is 114 Å². The number of pyridine rings is 1. The molecule has 0 saturated carbocycles. The molecule has 0 amide bonds. The quantitative estimate of drug-likeness (QED) is 0.777. The molecule has 0 spiro atoms. The predicted octanol–water partition coefficient (Wildman–Crippen LogP) is 4.23. The standard InChI is InChI=1S/C13H13N3S2/c1-8-7-18-13(15-8)9(2)16-12-10-4-6-17-11(10)3-5-14-12/h3-7,9H,1-2H3,(H,14,16). The van der Waals surface area contributed by atoms with Crippen molar-refractivity contribution in [2.75, 3.05) is 5.32 Å². The molecule has 92 valence electrons. The first-order chi connectivity index (χ1) is 8.74. The minimum absolute atomic E-state index is 0.182. The monoisotopic (exact) mass is 275 g/mol. The summed E-state index contributed by atoms with van der Waals surface area (Å²) in [6.07, 6.45) is 1.85. The van der Waals surface area contributed by atoms with Crippen molar-refractivity contribution in [3.8, 4) is 0 Å². The normalized spacial score (nSPS) is 12.8. The number of hydrogen-bond acceptors (Lipinski definition) is 5. The van der Waals surface area contributed by atoms with E-state index >= 15 is 0 Å². The molecule has 0 aromatic carbocycles. The molecule has 3 aromatic rings. The number of hydrogen-bond donors (Lipinski definition) is 1. The van der Waals surface area contributed by atoms with Crippen molar-refractivity contribution < 1.29 is 0 Å². The first-order valence-corrected chi connectivity index (χ1v) is 7.51. The van der Waals surface area contributed by atoms with Crippen molar-refractivity contribution >= 4 is 38.6 Å². The van der Waals surface area contributed by atoms with E-state index in [0.29, 0.717) is 0 Å². The number of aromatic nitrogens is 2. The number of fused-ring (bicyclic) bond motifs is 1. The van der Waals surface area contributed by atoms with Gasteiger partial charge in [0.05, 0.1) is 6.04 Å². The zero-order valence-corrected chi connectivity index (χ0v) is 11.8. The van der Waals surface area contributed by atoms with Crippen LogP contribution in [0.3, 0.4) is 0 Å². The van der Waals surface area contributed by atoms with Crippen LogP contribution in [0.5, 0.6) is 0 Å². The van der Waals surface area contributed by atoms with Crippen LogP contribution in [0.15, 0.2) is 29.1 Å². The number of thiazole rings is 1. The molecule has 0 bridgehead atoms. The van der Waals surface area contributed by atoms with Gasteiger partial charge in [-0.05, 0) is 31.4 Å². The number of nitrogens with one attached hydrogen (secondary N) is 1. The number of rotatable bonds is 3. The van der Waals surface area contributed by atoms with E-state index in [1.165, 1.54) is 10.1 Å². The van der Waals surface area contributed by atoms with E-state index in [0.717, 1.165) is 16.5 Å². The van der Waals surface area contributed by atoms with E-state index in [-0.39, 0.29) is 6.04 Å². The average Bonchev–Trinajstić information content (AvgIpc) is 2.97. The molecule has 5 heteroatoms. The molecule has 0 aliphatic heterocycles. The minimum Gasteiger partial charge on any atom is -0.361 e. The van der Waals surface area contributed by atoms with E-state index in [1.807, 2.05) is 19.2 Å². The highest BCUT2D eigenvalue weighted by atomic mass is 32.1. The number of anilines is 1. The van der Waals surface area contributed by atoms with Crippen LogP contribution in [-0.4, -0.2) is 9.97 Å².